The van der Waals surface area contributed by atoms with E-state index in [4.69, 9.17) is 11.2 Å². The Morgan fingerprint density at radius 3 is 2.70 bits per heavy atom. The molecule has 0 atom stereocenters. The zero-order valence-corrected chi connectivity index (χ0v) is 12.1. The van der Waals surface area contributed by atoms with Crippen LogP contribution in [0.5, 0.6) is 5.75 Å². The number of aliphatic imine (C=N–C) groups is 1. The number of amides is 1. The van der Waals surface area contributed by atoms with Gasteiger partial charge in [0.05, 0.1) is 4.91 Å². The van der Waals surface area contributed by atoms with E-state index in [2.05, 4.69) is 10.9 Å². The van der Waals surface area contributed by atoms with E-state index in [1.165, 1.54) is 11.8 Å². The van der Waals surface area contributed by atoms with Gasteiger partial charge in [0.25, 0.3) is 5.91 Å². The van der Waals surface area contributed by atoms with Gasteiger partial charge in [0, 0.05) is 14.1 Å². The molecule has 0 aromatic heterocycles. The summed E-state index contributed by atoms with van der Waals surface area (Å²) in [7, 11) is 3.39. The third-order valence-electron chi connectivity index (χ3n) is 2.69. The number of terminal acetylenes is 1. The van der Waals surface area contributed by atoms with Crippen LogP contribution in [0, 0.1) is 12.3 Å². The summed E-state index contributed by atoms with van der Waals surface area (Å²) in [6, 6.07) is 7.42. The van der Waals surface area contributed by atoms with Crippen LogP contribution in [-0.4, -0.2) is 36.7 Å². The predicted molar refractivity (Wildman–Crippen MR) is 82.5 cm³/mol. The molecule has 1 saturated heterocycles. The van der Waals surface area contributed by atoms with Crippen LogP contribution in [0.4, 0.5) is 0 Å². The van der Waals surface area contributed by atoms with Crippen molar-refractivity contribution in [3.05, 3.63) is 34.7 Å². The van der Waals surface area contributed by atoms with Gasteiger partial charge in [-0.2, -0.15) is 0 Å². The Morgan fingerprint density at radius 2 is 2.15 bits per heavy atom. The van der Waals surface area contributed by atoms with E-state index in [1.54, 1.807) is 19.0 Å². The number of benzene rings is 1. The average Bonchev–Trinajstić information content (AvgIpc) is 2.74. The molecule has 2 rings (SSSR count). The zero-order valence-electron chi connectivity index (χ0n) is 11.3. The second kappa shape index (κ2) is 6.31. The van der Waals surface area contributed by atoms with Crippen molar-refractivity contribution in [1.29, 1.82) is 0 Å². The molecule has 1 fully saturated rings. The quantitative estimate of drug-likeness (QED) is 0.632. The number of carbonyl (C=O) groups is 1. The Kier molecular flexibility index (Phi) is 4.49. The summed E-state index contributed by atoms with van der Waals surface area (Å²) in [6.07, 6.45) is 6.97. The van der Waals surface area contributed by atoms with Gasteiger partial charge >= 0.3 is 0 Å². The lowest BCUT2D eigenvalue weighted by atomic mass is 10.2. The Labute approximate surface area is 122 Å². The van der Waals surface area contributed by atoms with Crippen molar-refractivity contribution in [2.75, 3.05) is 20.7 Å². The lowest BCUT2D eigenvalue weighted by Crippen LogP contribution is -2.23. The fourth-order valence-corrected chi connectivity index (χ4v) is 2.61. The minimum atomic E-state index is -0.0386. The fourth-order valence-electron chi connectivity index (χ4n) is 1.69. The lowest BCUT2D eigenvalue weighted by Gasteiger charge is -2.05. The van der Waals surface area contributed by atoms with E-state index >= 15 is 0 Å². The highest BCUT2D eigenvalue weighted by Gasteiger charge is 2.29. The number of hydrogen-bond donors (Lipinski definition) is 0. The molecule has 1 aromatic rings. The first kappa shape index (κ1) is 14.2. The highest BCUT2D eigenvalue weighted by molar-refractivity contribution is 8.18. The first-order valence-electron chi connectivity index (χ1n) is 5.96. The van der Waals surface area contributed by atoms with Crippen molar-refractivity contribution in [1.82, 2.24) is 4.90 Å². The smallest absolute Gasteiger partial charge is 0.266 e. The van der Waals surface area contributed by atoms with Crippen molar-refractivity contribution in [3.8, 4) is 18.1 Å². The molecular weight excluding hydrogens is 272 g/mol. The summed E-state index contributed by atoms with van der Waals surface area (Å²) >= 11 is 1.37. The summed E-state index contributed by atoms with van der Waals surface area (Å²) in [6.45, 7) is 0.246. The monoisotopic (exact) mass is 286 g/mol. The van der Waals surface area contributed by atoms with Crippen LogP contribution >= 0.6 is 11.8 Å². The van der Waals surface area contributed by atoms with E-state index in [9.17, 15) is 4.79 Å². The Bertz CT molecular complexity index is 612. The molecule has 102 valence electrons. The topological polar surface area (TPSA) is 41.9 Å². The average molecular weight is 286 g/mol. The fraction of sp³-hybridized carbons (Fsp3) is 0.200. The van der Waals surface area contributed by atoms with Crippen LogP contribution in [0.25, 0.3) is 6.08 Å². The first-order chi connectivity index (χ1) is 9.65. The van der Waals surface area contributed by atoms with E-state index in [0.717, 1.165) is 5.56 Å². The number of nitrogens with zero attached hydrogens (tertiary/aromatic N) is 2. The molecule has 0 saturated carbocycles. The Balaban J connectivity index is 2.16. The molecule has 1 heterocycles. The first-order valence-corrected chi connectivity index (χ1v) is 6.78. The van der Waals surface area contributed by atoms with Crippen LogP contribution in [0.15, 0.2) is 34.2 Å². The van der Waals surface area contributed by atoms with Crippen LogP contribution < -0.4 is 4.74 Å². The van der Waals surface area contributed by atoms with Gasteiger partial charge in [-0.15, -0.1) is 6.42 Å². The maximum atomic E-state index is 12.0. The number of carbonyl (C=O) groups excluding carboxylic acids is 1. The summed E-state index contributed by atoms with van der Waals surface area (Å²) in [5.41, 5.74) is 0.930. The second-order valence-corrected chi connectivity index (χ2v) is 5.05. The second-order valence-electron chi connectivity index (χ2n) is 4.04. The number of ether oxygens (including phenoxy) is 1. The summed E-state index contributed by atoms with van der Waals surface area (Å²) < 4.78 is 5.30. The molecule has 5 heteroatoms. The van der Waals surface area contributed by atoms with Gasteiger partial charge in [-0.1, -0.05) is 18.1 Å². The van der Waals surface area contributed by atoms with Gasteiger partial charge in [-0.25, -0.2) is 0 Å². The summed E-state index contributed by atoms with van der Waals surface area (Å²) in [5.74, 6) is 3.08. The summed E-state index contributed by atoms with van der Waals surface area (Å²) in [4.78, 5) is 18.3. The third kappa shape index (κ3) is 3.03. The van der Waals surface area contributed by atoms with Crippen molar-refractivity contribution in [2.45, 2.75) is 0 Å². The van der Waals surface area contributed by atoms with Crippen LogP contribution in [0.2, 0.25) is 0 Å². The maximum absolute atomic E-state index is 12.0. The van der Waals surface area contributed by atoms with E-state index in [-0.39, 0.29) is 12.5 Å². The van der Waals surface area contributed by atoms with E-state index in [1.807, 2.05) is 30.3 Å². The van der Waals surface area contributed by atoms with Crippen molar-refractivity contribution >= 4 is 28.9 Å². The van der Waals surface area contributed by atoms with Gasteiger partial charge in [0.1, 0.15) is 12.4 Å². The minimum absolute atomic E-state index is 0.0386. The minimum Gasteiger partial charge on any atom is -0.481 e. The third-order valence-corrected chi connectivity index (χ3v) is 3.85. The molecule has 4 nitrogen and oxygen atoms in total. The maximum Gasteiger partial charge on any atom is 0.266 e. The predicted octanol–water partition coefficient (Wildman–Crippen LogP) is 2.23. The Morgan fingerprint density at radius 1 is 1.45 bits per heavy atom. The van der Waals surface area contributed by atoms with Crippen LogP contribution in [0.3, 0.4) is 0 Å². The molecule has 0 aliphatic carbocycles. The largest absolute Gasteiger partial charge is 0.481 e. The lowest BCUT2D eigenvalue weighted by molar-refractivity contribution is -0.121. The molecule has 0 N–H and O–H groups in total. The molecule has 0 bridgehead atoms. The van der Waals surface area contributed by atoms with Crippen molar-refractivity contribution in [3.63, 3.8) is 0 Å². The van der Waals surface area contributed by atoms with E-state index < -0.39 is 0 Å². The highest BCUT2D eigenvalue weighted by Crippen LogP contribution is 2.31. The molecule has 20 heavy (non-hydrogen) atoms. The van der Waals surface area contributed by atoms with Gasteiger partial charge in [0.2, 0.25) is 0 Å². The summed E-state index contributed by atoms with van der Waals surface area (Å²) in [5, 5.41) is 0.704. The molecule has 0 radical (unpaired) electrons. The van der Waals surface area contributed by atoms with Crippen molar-refractivity contribution < 1.29 is 9.53 Å². The SMILES string of the molecule is C#CCOc1ccc(/C=C2/SC(=NC)N(C)C2=O)cc1. The van der Waals surface area contributed by atoms with Gasteiger partial charge < -0.3 is 4.74 Å². The number of hydrogen-bond acceptors (Lipinski definition) is 4. The molecule has 1 amide bonds. The highest BCUT2D eigenvalue weighted by atomic mass is 32.2. The van der Waals surface area contributed by atoms with Crippen LogP contribution in [0.1, 0.15) is 5.56 Å². The number of rotatable bonds is 3. The number of likely N-dealkylation sites (N-methyl/N-ethyl adjacent to an activating group) is 1. The van der Waals surface area contributed by atoms with Crippen molar-refractivity contribution in [2.24, 2.45) is 4.99 Å². The molecule has 0 unspecified atom stereocenters. The normalized spacial score (nSPS) is 18.6. The molecule has 0 spiro atoms. The van der Waals surface area contributed by atoms with Gasteiger partial charge in [-0.05, 0) is 35.5 Å². The molecular formula is C15H14N2O2S. The molecule has 1 aliphatic heterocycles. The Hall–Kier alpha value is -2.19. The standard InChI is InChI=1S/C15H14N2O2S/c1-4-9-19-12-7-5-11(6-8-12)10-13-14(18)17(3)15(16-2)20-13/h1,5-8,10H,9H2,2-3H3/b13-10+,16-15?. The number of thioether (sulfide) groups is 1. The zero-order chi connectivity index (χ0) is 14.5. The molecule has 1 aliphatic rings. The molecule has 1 aromatic carbocycles. The number of amidine groups is 1. The van der Waals surface area contributed by atoms with E-state index in [0.29, 0.717) is 15.8 Å². The van der Waals surface area contributed by atoms with Crippen LogP contribution in [-0.2, 0) is 4.79 Å². The van der Waals surface area contributed by atoms with Gasteiger partial charge in [-0.3, -0.25) is 14.7 Å². The van der Waals surface area contributed by atoms with Gasteiger partial charge in [0.15, 0.2) is 5.17 Å².